The fraction of sp³-hybridized carbons (Fsp3) is 0.500. The molecular weight excluding hydrogens is 316 g/mol. The molecule has 0 atom stereocenters. The van der Waals surface area contributed by atoms with Crippen LogP contribution in [0.4, 0.5) is 4.79 Å². The van der Waals surface area contributed by atoms with E-state index in [1.807, 2.05) is 20.8 Å². The third-order valence-electron chi connectivity index (χ3n) is 4.10. The number of nitrogens with one attached hydrogen (secondary N) is 2. The van der Waals surface area contributed by atoms with Gasteiger partial charge in [0.15, 0.2) is 0 Å². The Hall–Kier alpha value is -2.48. The second-order valence-electron chi connectivity index (χ2n) is 7.39. The van der Waals surface area contributed by atoms with E-state index in [0.29, 0.717) is 5.56 Å². The molecule has 1 aliphatic carbocycles. The summed E-state index contributed by atoms with van der Waals surface area (Å²) in [7, 11) is 0. The average Bonchev–Trinajstić information content (AvgIpc) is 2.55. The van der Waals surface area contributed by atoms with Gasteiger partial charge < -0.3 is 15.4 Å². The van der Waals surface area contributed by atoms with E-state index >= 15 is 0 Å². The van der Waals surface area contributed by atoms with Gasteiger partial charge in [-0.2, -0.15) is 0 Å². The van der Waals surface area contributed by atoms with E-state index in [1.54, 1.807) is 24.3 Å². The topological polar surface area (TPSA) is 67.4 Å². The number of hydrogen-bond acceptors (Lipinski definition) is 3. The standard InChI is InChI=1S/C20H26N2O3/c1-5-14-6-8-15(9-7-14)18(23)21-16-10-12-17(13-11-16)22-19(24)25-20(2,3)4/h1,6-9,16-17H,10-13H2,2-4H3,(H,21,23)(H,22,24). The van der Waals surface area contributed by atoms with E-state index in [9.17, 15) is 9.59 Å². The van der Waals surface area contributed by atoms with E-state index < -0.39 is 5.60 Å². The maximum atomic E-state index is 12.3. The number of carbonyl (C=O) groups excluding carboxylic acids is 2. The molecule has 134 valence electrons. The van der Waals surface area contributed by atoms with Gasteiger partial charge in [0.2, 0.25) is 0 Å². The van der Waals surface area contributed by atoms with Crippen LogP contribution in [0, 0.1) is 12.3 Å². The number of hydrogen-bond donors (Lipinski definition) is 2. The van der Waals surface area contributed by atoms with Crippen molar-refractivity contribution in [2.24, 2.45) is 0 Å². The molecule has 1 aliphatic rings. The molecule has 25 heavy (non-hydrogen) atoms. The van der Waals surface area contributed by atoms with Crippen molar-refractivity contribution in [1.82, 2.24) is 10.6 Å². The van der Waals surface area contributed by atoms with Gasteiger partial charge >= 0.3 is 6.09 Å². The lowest BCUT2D eigenvalue weighted by atomic mass is 9.91. The lowest BCUT2D eigenvalue weighted by Crippen LogP contribution is -2.45. The molecule has 0 bridgehead atoms. The number of carbonyl (C=O) groups is 2. The van der Waals surface area contributed by atoms with Crippen LogP contribution in [0.5, 0.6) is 0 Å². The molecule has 1 saturated carbocycles. The summed E-state index contributed by atoms with van der Waals surface area (Å²) < 4.78 is 5.27. The highest BCUT2D eigenvalue weighted by atomic mass is 16.6. The van der Waals surface area contributed by atoms with Crippen LogP contribution >= 0.6 is 0 Å². The Morgan fingerprint density at radius 2 is 1.56 bits per heavy atom. The molecule has 1 aromatic carbocycles. The van der Waals surface area contributed by atoms with Crippen molar-refractivity contribution >= 4 is 12.0 Å². The van der Waals surface area contributed by atoms with Crippen LogP contribution in [0.1, 0.15) is 62.4 Å². The van der Waals surface area contributed by atoms with Crippen LogP contribution < -0.4 is 10.6 Å². The lowest BCUT2D eigenvalue weighted by molar-refractivity contribution is 0.0488. The molecule has 2 rings (SSSR count). The summed E-state index contributed by atoms with van der Waals surface area (Å²) >= 11 is 0. The van der Waals surface area contributed by atoms with Gasteiger partial charge in [0.05, 0.1) is 0 Å². The minimum atomic E-state index is -0.496. The maximum absolute atomic E-state index is 12.3. The first kappa shape index (κ1) is 18.9. The summed E-state index contributed by atoms with van der Waals surface area (Å²) in [4.78, 5) is 24.1. The predicted octanol–water partition coefficient (Wildman–Crippen LogP) is 3.23. The van der Waals surface area contributed by atoms with Gasteiger partial charge in [-0.05, 0) is 70.7 Å². The van der Waals surface area contributed by atoms with Crippen molar-refractivity contribution in [2.45, 2.75) is 64.1 Å². The molecule has 0 heterocycles. The zero-order valence-corrected chi connectivity index (χ0v) is 15.1. The van der Waals surface area contributed by atoms with Crippen LogP contribution in [-0.2, 0) is 4.74 Å². The third-order valence-corrected chi connectivity index (χ3v) is 4.10. The van der Waals surface area contributed by atoms with Gasteiger partial charge in [-0.15, -0.1) is 6.42 Å². The molecule has 1 aromatic rings. The SMILES string of the molecule is C#Cc1ccc(C(=O)NC2CCC(NC(=O)OC(C)(C)C)CC2)cc1. The molecule has 5 nitrogen and oxygen atoms in total. The molecule has 1 fully saturated rings. The minimum absolute atomic E-state index is 0.0906. The molecule has 2 N–H and O–H groups in total. The van der Waals surface area contributed by atoms with Crippen molar-refractivity contribution in [3.63, 3.8) is 0 Å². The highest BCUT2D eigenvalue weighted by Crippen LogP contribution is 2.20. The second kappa shape index (κ2) is 8.06. The summed E-state index contributed by atoms with van der Waals surface area (Å²) in [5.74, 6) is 2.44. The van der Waals surface area contributed by atoms with Crippen molar-refractivity contribution in [1.29, 1.82) is 0 Å². The van der Waals surface area contributed by atoms with E-state index in [1.165, 1.54) is 0 Å². The number of ether oxygens (including phenoxy) is 1. The fourth-order valence-electron chi connectivity index (χ4n) is 2.84. The van der Waals surface area contributed by atoms with E-state index in [4.69, 9.17) is 11.2 Å². The Labute approximate surface area is 149 Å². The zero-order chi connectivity index (χ0) is 18.4. The summed E-state index contributed by atoms with van der Waals surface area (Å²) in [5.41, 5.74) is 0.864. The summed E-state index contributed by atoms with van der Waals surface area (Å²) in [6, 6.07) is 7.21. The number of amides is 2. The average molecular weight is 342 g/mol. The van der Waals surface area contributed by atoms with Crippen LogP contribution in [0.2, 0.25) is 0 Å². The molecule has 0 aliphatic heterocycles. The van der Waals surface area contributed by atoms with E-state index in [0.717, 1.165) is 31.2 Å². The van der Waals surface area contributed by atoms with Gasteiger partial charge in [0.25, 0.3) is 5.91 Å². The lowest BCUT2D eigenvalue weighted by Gasteiger charge is -2.30. The fourth-order valence-corrected chi connectivity index (χ4v) is 2.84. The molecule has 5 heteroatoms. The first-order valence-corrected chi connectivity index (χ1v) is 8.64. The normalized spacial score (nSPS) is 20.2. The molecule has 0 spiro atoms. The highest BCUT2D eigenvalue weighted by Gasteiger charge is 2.25. The van der Waals surface area contributed by atoms with Gasteiger partial charge in [-0.1, -0.05) is 5.92 Å². The number of benzene rings is 1. The highest BCUT2D eigenvalue weighted by molar-refractivity contribution is 5.94. The Bertz CT molecular complexity index is 645. The monoisotopic (exact) mass is 342 g/mol. The Balaban J connectivity index is 1.77. The van der Waals surface area contributed by atoms with Crippen LogP contribution in [0.15, 0.2) is 24.3 Å². The van der Waals surface area contributed by atoms with Crippen molar-refractivity contribution in [3.05, 3.63) is 35.4 Å². The molecule has 0 aromatic heterocycles. The number of alkyl carbamates (subject to hydrolysis) is 1. The largest absolute Gasteiger partial charge is 0.444 e. The smallest absolute Gasteiger partial charge is 0.407 e. The van der Waals surface area contributed by atoms with Gasteiger partial charge in [0, 0.05) is 23.2 Å². The van der Waals surface area contributed by atoms with Crippen LogP contribution in [-0.4, -0.2) is 29.7 Å². The third kappa shape index (κ3) is 6.15. The molecule has 2 amide bonds. The van der Waals surface area contributed by atoms with Crippen molar-refractivity contribution in [2.75, 3.05) is 0 Å². The Kier molecular flexibility index (Phi) is 6.08. The first-order chi connectivity index (χ1) is 11.8. The van der Waals surface area contributed by atoms with E-state index in [2.05, 4.69) is 16.6 Å². The van der Waals surface area contributed by atoms with Gasteiger partial charge in [0.1, 0.15) is 5.60 Å². The van der Waals surface area contributed by atoms with Gasteiger partial charge in [-0.25, -0.2) is 4.79 Å². The zero-order valence-electron chi connectivity index (χ0n) is 15.1. The summed E-state index contributed by atoms with van der Waals surface area (Å²) in [6.45, 7) is 5.53. The van der Waals surface area contributed by atoms with Crippen molar-refractivity contribution in [3.8, 4) is 12.3 Å². The number of terminal acetylenes is 1. The first-order valence-electron chi connectivity index (χ1n) is 8.64. The molecule has 0 saturated heterocycles. The molecule has 0 radical (unpaired) electrons. The molecular formula is C20H26N2O3. The minimum Gasteiger partial charge on any atom is -0.444 e. The Morgan fingerprint density at radius 1 is 1.04 bits per heavy atom. The second-order valence-corrected chi connectivity index (χ2v) is 7.39. The summed E-state index contributed by atoms with van der Waals surface area (Å²) in [5, 5.41) is 5.95. The van der Waals surface area contributed by atoms with E-state index in [-0.39, 0.29) is 24.1 Å². The number of rotatable bonds is 3. The van der Waals surface area contributed by atoms with Crippen LogP contribution in [0.25, 0.3) is 0 Å². The van der Waals surface area contributed by atoms with Crippen molar-refractivity contribution < 1.29 is 14.3 Å². The Morgan fingerprint density at radius 3 is 2.04 bits per heavy atom. The summed E-state index contributed by atoms with van der Waals surface area (Å²) in [6.07, 6.45) is 8.23. The maximum Gasteiger partial charge on any atom is 0.407 e. The quantitative estimate of drug-likeness (QED) is 0.829. The predicted molar refractivity (Wildman–Crippen MR) is 97.3 cm³/mol. The molecule has 0 unspecified atom stereocenters. The van der Waals surface area contributed by atoms with Gasteiger partial charge in [-0.3, -0.25) is 4.79 Å². The van der Waals surface area contributed by atoms with Crippen LogP contribution in [0.3, 0.4) is 0 Å².